The smallest absolute Gasteiger partial charge is 0.341 e. The van der Waals surface area contributed by atoms with Crippen LogP contribution < -0.4 is 5.32 Å². The number of amides is 1. The molecule has 0 aliphatic heterocycles. The van der Waals surface area contributed by atoms with Crippen LogP contribution in [0, 0.1) is 12.8 Å². The van der Waals surface area contributed by atoms with Crippen LogP contribution in [0.1, 0.15) is 75.2 Å². The molecule has 1 N–H and O–H groups in total. The van der Waals surface area contributed by atoms with E-state index >= 15 is 0 Å². The van der Waals surface area contributed by atoms with Crippen LogP contribution >= 0.6 is 22.7 Å². The molecular formula is C27H31NO3S2. The molecule has 0 bridgehead atoms. The number of esters is 1. The van der Waals surface area contributed by atoms with Crippen LogP contribution in [0.5, 0.6) is 0 Å². The minimum absolute atomic E-state index is 0.139. The summed E-state index contributed by atoms with van der Waals surface area (Å²) >= 11 is 3.11. The van der Waals surface area contributed by atoms with Gasteiger partial charge in [0.25, 0.3) is 5.91 Å². The molecule has 4 nitrogen and oxygen atoms in total. The summed E-state index contributed by atoms with van der Waals surface area (Å²) in [6, 6.07) is 8.38. The van der Waals surface area contributed by atoms with E-state index in [0.717, 1.165) is 47.3 Å². The lowest BCUT2D eigenvalue weighted by molar-refractivity contribution is 0.0529. The third-order valence-electron chi connectivity index (χ3n) is 5.98. The van der Waals surface area contributed by atoms with Gasteiger partial charge in [-0.15, -0.1) is 22.7 Å². The highest BCUT2D eigenvalue weighted by Gasteiger charge is 2.27. The van der Waals surface area contributed by atoms with Crippen LogP contribution in [0.2, 0.25) is 0 Å². The summed E-state index contributed by atoms with van der Waals surface area (Å²) in [5, 5.41) is 5.58. The SMILES string of the molecule is CCOC(=O)c1c(NC(=O)c2csc3c2CCCC3)sc(C)c1-c1ccc(CC(C)C)cc1. The number of benzene rings is 1. The molecule has 0 atom stereocenters. The molecule has 2 aromatic heterocycles. The fraction of sp³-hybridized carbons (Fsp3) is 0.407. The van der Waals surface area contributed by atoms with Gasteiger partial charge in [0.1, 0.15) is 10.6 Å². The number of aryl methyl sites for hydroxylation is 2. The summed E-state index contributed by atoms with van der Waals surface area (Å²) in [4.78, 5) is 28.6. The second-order valence-corrected chi connectivity index (χ2v) is 11.2. The Hall–Kier alpha value is -2.44. The molecule has 0 spiro atoms. The van der Waals surface area contributed by atoms with Crippen molar-refractivity contribution in [1.29, 1.82) is 0 Å². The van der Waals surface area contributed by atoms with E-state index in [2.05, 4.69) is 43.4 Å². The van der Waals surface area contributed by atoms with Crippen molar-refractivity contribution in [3.05, 3.63) is 61.7 Å². The lowest BCUT2D eigenvalue weighted by Crippen LogP contribution is -2.16. The molecule has 4 rings (SSSR count). The first-order chi connectivity index (χ1) is 15.9. The van der Waals surface area contributed by atoms with Gasteiger partial charge in [0.05, 0.1) is 12.2 Å². The number of carbonyl (C=O) groups excluding carboxylic acids is 2. The maximum Gasteiger partial charge on any atom is 0.341 e. The zero-order chi connectivity index (χ0) is 23.5. The van der Waals surface area contributed by atoms with Crippen molar-refractivity contribution < 1.29 is 14.3 Å². The average Bonchev–Trinajstić information content (AvgIpc) is 3.35. The first-order valence-electron chi connectivity index (χ1n) is 11.7. The second kappa shape index (κ2) is 10.2. The van der Waals surface area contributed by atoms with Gasteiger partial charge in [-0.05, 0) is 68.6 Å². The Bertz CT molecular complexity index is 1150. The van der Waals surface area contributed by atoms with Crippen LogP contribution in [0.3, 0.4) is 0 Å². The van der Waals surface area contributed by atoms with Crippen molar-refractivity contribution >= 4 is 39.6 Å². The number of carbonyl (C=O) groups is 2. The molecule has 1 amide bonds. The summed E-state index contributed by atoms with van der Waals surface area (Å²) in [6.45, 7) is 8.48. The van der Waals surface area contributed by atoms with Gasteiger partial charge in [-0.2, -0.15) is 0 Å². The maximum atomic E-state index is 13.2. The third-order valence-corrected chi connectivity index (χ3v) is 8.09. The van der Waals surface area contributed by atoms with Crippen molar-refractivity contribution in [2.75, 3.05) is 11.9 Å². The predicted octanol–water partition coefficient (Wildman–Crippen LogP) is 7.29. The standard InChI is InChI=1S/C27H31NO3S2/c1-5-31-27(30)24-23(19-12-10-18(11-13-19)14-16(2)3)17(4)33-26(24)28-25(29)21-15-32-22-9-7-6-8-20(21)22/h10-13,15-16H,5-9,14H2,1-4H3,(H,28,29). The zero-order valence-corrected chi connectivity index (χ0v) is 21.4. The minimum Gasteiger partial charge on any atom is -0.462 e. The lowest BCUT2D eigenvalue weighted by Gasteiger charge is -2.13. The van der Waals surface area contributed by atoms with E-state index < -0.39 is 5.97 Å². The molecule has 0 fully saturated rings. The number of anilines is 1. The van der Waals surface area contributed by atoms with Crippen LogP contribution in [0.15, 0.2) is 29.6 Å². The van der Waals surface area contributed by atoms with Gasteiger partial charge in [-0.3, -0.25) is 4.79 Å². The molecular weight excluding hydrogens is 450 g/mol. The van der Waals surface area contributed by atoms with Crippen molar-refractivity contribution in [3.8, 4) is 11.1 Å². The van der Waals surface area contributed by atoms with E-state index in [-0.39, 0.29) is 12.5 Å². The quantitative estimate of drug-likeness (QED) is 0.360. The van der Waals surface area contributed by atoms with Crippen LogP contribution in [-0.4, -0.2) is 18.5 Å². The Balaban J connectivity index is 1.69. The summed E-state index contributed by atoms with van der Waals surface area (Å²) in [5.74, 6) is 0.0456. The summed E-state index contributed by atoms with van der Waals surface area (Å²) in [6.07, 6.45) is 5.32. The molecule has 33 heavy (non-hydrogen) atoms. The van der Waals surface area contributed by atoms with E-state index in [1.165, 1.54) is 33.8 Å². The van der Waals surface area contributed by atoms with E-state index in [9.17, 15) is 9.59 Å². The largest absolute Gasteiger partial charge is 0.462 e. The van der Waals surface area contributed by atoms with Crippen molar-refractivity contribution in [3.63, 3.8) is 0 Å². The molecule has 2 heterocycles. The number of ether oxygens (including phenoxy) is 1. The van der Waals surface area contributed by atoms with Crippen LogP contribution in [0.4, 0.5) is 5.00 Å². The normalized spacial score (nSPS) is 13.1. The van der Waals surface area contributed by atoms with Gasteiger partial charge >= 0.3 is 5.97 Å². The Morgan fingerprint density at radius 2 is 1.85 bits per heavy atom. The monoisotopic (exact) mass is 481 g/mol. The van der Waals surface area contributed by atoms with Crippen molar-refractivity contribution in [1.82, 2.24) is 0 Å². The highest BCUT2D eigenvalue weighted by atomic mass is 32.1. The van der Waals surface area contributed by atoms with Gasteiger partial charge in [0.2, 0.25) is 0 Å². The Labute approximate surface area is 204 Å². The van der Waals surface area contributed by atoms with Gasteiger partial charge < -0.3 is 10.1 Å². The molecule has 6 heteroatoms. The lowest BCUT2D eigenvalue weighted by atomic mass is 9.95. The number of nitrogens with one attached hydrogen (secondary N) is 1. The Morgan fingerprint density at radius 1 is 1.12 bits per heavy atom. The van der Waals surface area contributed by atoms with E-state index in [4.69, 9.17) is 4.74 Å². The highest BCUT2D eigenvalue weighted by molar-refractivity contribution is 7.17. The topological polar surface area (TPSA) is 55.4 Å². The molecule has 0 radical (unpaired) electrons. The Kier molecular flexibility index (Phi) is 7.35. The minimum atomic E-state index is -0.397. The fourth-order valence-electron chi connectivity index (χ4n) is 4.51. The van der Waals surface area contributed by atoms with E-state index in [0.29, 0.717) is 16.5 Å². The number of fused-ring (bicyclic) bond motifs is 1. The molecule has 3 aromatic rings. The van der Waals surface area contributed by atoms with Gasteiger partial charge in [-0.25, -0.2) is 4.79 Å². The van der Waals surface area contributed by atoms with Gasteiger partial charge in [0.15, 0.2) is 0 Å². The van der Waals surface area contributed by atoms with Crippen molar-refractivity contribution in [2.24, 2.45) is 5.92 Å². The van der Waals surface area contributed by atoms with Crippen LogP contribution in [-0.2, 0) is 24.0 Å². The first kappa shape index (κ1) is 23.7. The predicted molar refractivity (Wildman–Crippen MR) is 138 cm³/mol. The number of rotatable bonds is 7. The van der Waals surface area contributed by atoms with Crippen molar-refractivity contribution in [2.45, 2.75) is 59.8 Å². The van der Waals surface area contributed by atoms with Gasteiger partial charge in [-0.1, -0.05) is 38.1 Å². The Morgan fingerprint density at radius 3 is 2.55 bits per heavy atom. The molecule has 1 aliphatic carbocycles. The molecule has 174 valence electrons. The molecule has 0 unspecified atom stereocenters. The summed E-state index contributed by atoms with van der Waals surface area (Å²) < 4.78 is 5.40. The third kappa shape index (κ3) is 5.07. The molecule has 1 aromatic carbocycles. The molecule has 1 aliphatic rings. The van der Waals surface area contributed by atoms with E-state index in [1.807, 2.05) is 12.3 Å². The number of thiophene rings is 2. The van der Waals surface area contributed by atoms with E-state index in [1.54, 1.807) is 18.3 Å². The first-order valence-corrected chi connectivity index (χ1v) is 13.4. The average molecular weight is 482 g/mol. The molecule has 0 saturated carbocycles. The second-order valence-electron chi connectivity index (χ2n) is 8.97. The summed E-state index contributed by atoms with van der Waals surface area (Å²) in [5.41, 5.74) is 5.46. The fourth-order valence-corrected chi connectivity index (χ4v) is 6.70. The van der Waals surface area contributed by atoms with Gasteiger partial charge in [0, 0.05) is 20.7 Å². The number of hydrogen-bond acceptors (Lipinski definition) is 5. The number of hydrogen-bond donors (Lipinski definition) is 1. The maximum absolute atomic E-state index is 13.2. The zero-order valence-electron chi connectivity index (χ0n) is 19.7. The highest BCUT2D eigenvalue weighted by Crippen LogP contribution is 2.41. The summed E-state index contributed by atoms with van der Waals surface area (Å²) in [7, 11) is 0. The van der Waals surface area contributed by atoms with Crippen LogP contribution in [0.25, 0.3) is 11.1 Å². The molecule has 0 saturated heterocycles.